The smallest absolute Gasteiger partial charge is 0.270 e. The molecule has 5 rings (SSSR count). The van der Waals surface area contributed by atoms with Crippen LogP contribution in [0.4, 0.5) is 5.69 Å². The molecule has 2 aliphatic rings. The molecule has 6 nitrogen and oxygen atoms in total. The van der Waals surface area contributed by atoms with Gasteiger partial charge in [0.15, 0.2) is 0 Å². The number of para-hydroxylation sites is 1. The van der Waals surface area contributed by atoms with Crippen molar-refractivity contribution < 1.29 is 14.4 Å². The quantitative estimate of drug-likeness (QED) is 0.578. The molecule has 2 aromatic carbocycles. The van der Waals surface area contributed by atoms with E-state index in [1.54, 1.807) is 17.0 Å². The Balaban J connectivity index is 1.33. The fourth-order valence-electron chi connectivity index (χ4n) is 4.57. The van der Waals surface area contributed by atoms with Crippen LogP contribution in [-0.4, -0.2) is 40.7 Å². The number of carbonyl (C=O) groups is 3. The third-order valence-corrected chi connectivity index (χ3v) is 6.95. The van der Waals surface area contributed by atoms with Gasteiger partial charge in [-0.05, 0) is 43.2 Å². The molecule has 3 amide bonds. The molecule has 30 heavy (non-hydrogen) atoms. The van der Waals surface area contributed by atoms with Crippen LogP contribution in [0.2, 0.25) is 0 Å². The van der Waals surface area contributed by atoms with Gasteiger partial charge in [-0.3, -0.25) is 19.3 Å². The minimum Gasteiger partial charge on any atom is -0.350 e. The summed E-state index contributed by atoms with van der Waals surface area (Å²) in [7, 11) is 0. The van der Waals surface area contributed by atoms with E-state index in [1.807, 2.05) is 42.5 Å². The molecule has 0 bridgehead atoms. The number of likely N-dealkylation sites (tertiary alicyclic amines) is 1. The fraction of sp³-hybridized carbons (Fsp3) is 0.261. The molecule has 2 fully saturated rings. The lowest BCUT2D eigenvalue weighted by molar-refractivity contribution is -0.127. The molecule has 0 aliphatic carbocycles. The molecule has 0 radical (unpaired) electrons. The molecule has 2 saturated heterocycles. The average molecular weight is 466 g/mol. The highest BCUT2D eigenvalue weighted by Gasteiger charge is 2.53. The second-order valence-electron chi connectivity index (χ2n) is 8.00. The Morgan fingerprint density at radius 1 is 1.00 bits per heavy atom. The molecular formula is C23H20BrN3O3. The van der Waals surface area contributed by atoms with E-state index in [-0.39, 0.29) is 24.1 Å². The number of aromatic amines is 1. The Morgan fingerprint density at radius 3 is 2.43 bits per heavy atom. The number of carbonyl (C=O) groups excluding carboxylic acids is 3. The normalized spacial score (nSPS) is 18.6. The minimum absolute atomic E-state index is 0.0790. The Kier molecular flexibility index (Phi) is 4.50. The number of nitrogens with zero attached hydrogens (tertiary/aromatic N) is 2. The summed E-state index contributed by atoms with van der Waals surface area (Å²) in [6.07, 6.45) is 1.20. The summed E-state index contributed by atoms with van der Waals surface area (Å²) in [6, 6.07) is 16.7. The largest absolute Gasteiger partial charge is 0.350 e. The maximum absolute atomic E-state index is 13.2. The topological polar surface area (TPSA) is 73.5 Å². The van der Waals surface area contributed by atoms with E-state index in [2.05, 4.69) is 20.9 Å². The number of piperidine rings is 1. The highest BCUT2D eigenvalue weighted by molar-refractivity contribution is 9.10. The van der Waals surface area contributed by atoms with Crippen molar-refractivity contribution in [1.29, 1.82) is 0 Å². The van der Waals surface area contributed by atoms with Gasteiger partial charge in [-0.1, -0.05) is 40.2 Å². The number of imide groups is 1. The number of amides is 3. The fourth-order valence-corrected chi connectivity index (χ4v) is 5.05. The highest BCUT2D eigenvalue weighted by atomic mass is 79.9. The van der Waals surface area contributed by atoms with Crippen LogP contribution in [0.15, 0.2) is 59.1 Å². The van der Waals surface area contributed by atoms with E-state index in [9.17, 15) is 14.4 Å². The van der Waals surface area contributed by atoms with E-state index in [1.165, 1.54) is 4.90 Å². The molecule has 152 valence electrons. The van der Waals surface area contributed by atoms with Gasteiger partial charge in [0.1, 0.15) is 5.69 Å². The van der Waals surface area contributed by atoms with Crippen LogP contribution in [0.1, 0.15) is 29.8 Å². The Bertz CT molecular complexity index is 1160. The molecule has 0 atom stereocenters. The van der Waals surface area contributed by atoms with Crippen LogP contribution >= 0.6 is 15.9 Å². The third kappa shape index (κ3) is 2.96. The van der Waals surface area contributed by atoms with Crippen LogP contribution in [0.25, 0.3) is 10.9 Å². The number of aromatic nitrogens is 1. The second kappa shape index (κ2) is 7.09. The molecule has 0 saturated carbocycles. The van der Waals surface area contributed by atoms with Crippen LogP contribution in [-0.2, 0) is 9.59 Å². The number of hydrogen-bond donors (Lipinski definition) is 1. The van der Waals surface area contributed by atoms with Crippen molar-refractivity contribution in [2.75, 3.05) is 18.0 Å². The number of hydrogen-bond acceptors (Lipinski definition) is 3. The molecule has 7 heteroatoms. The van der Waals surface area contributed by atoms with Gasteiger partial charge in [-0.15, -0.1) is 0 Å². The zero-order valence-corrected chi connectivity index (χ0v) is 17.8. The lowest BCUT2D eigenvalue weighted by atomic mass is 9.77. The van der Waals surface area contributed by atoms with Gasteiger partial charge in [-0.2, -0.15) is 0 Å². The van der Waals surface area contributed by atoms with Gasteiger partial charge in [0.05, 0.1) is 11.1 Å². The first-order chi connectivity index (χ1) is 14.5. The monoisotopic (exact) mass is 465 g/mol. The number of H-pyrrole nitrogens is 1. The summed E-state index contributed by atoms with van der Waals surface area (Å²) < 4.78 is 0.934. The predicted molar refractivity (Wildman–Crippen MR) is 117 cm³/mol. The van der Waals surface area contributed by atoms with Crippen molar-refractivity contribution in [2.45, 2.75) is 19.3 Å². The summed E-state index contributed by atoms with van der Waals surface area (Å²) in [5.74, 6) is -0.378. The van der Waals surface area contributed by atoms with Gasteiger partial charge in [-0.25, -0.2) is 0 Å². The Labute approximate surface area is 182 Å². The number of nitrogens with one attached hydrogen (secondary N) is 1. The average Bonchev–Trinajstić information content (AvgIpc) is 3.29. The van der Waals surface area contributed by atoms with Gasteiger partial charge in [0.25, 0.3) is 5.91 Å². The van der Waals surface area contributed by atoms with Crippen molar-refractivity contribution >= 4 is 50.2 Å². The van der Waals surface area contributed by atoms with Gasteiger partial charge in [0, 0.05) is 34.9 Å². The first-order valence-corrected chi connectivity index (χ1v) is 10.8. The molecule has 3 heterocycles. The molecule has 0 unspecified atom stereocenters. The Morgan fingerprint density at radius 2 is 1.73 bits per heavy atom. The number of fused-ring (bicyclic) bond motifs is 1. The van der Waals surface area contributed by atoms with Crippen molar-refractivity contribution in [1.82, 2.24) is 9.88 Å². The lowest BCUT2D eigenvalue weighted by Gasteiger charge is -2.37. The number of rotatable bonds is 2. The zero-order valence-electron chi connectivity index (χ0n) is 16.2. The third-order valence-electron chi connectivity index (χ3n) is 6.26. The van der Waals surface area contributed by atoms with Gasteiger partial charge < -0.3 is 9.88 Å². The molecular weight excluding hydrogens is 446 g/mol. The molecule has 1 N–H and O–H groups in total. The van der Waals surface area contributed by atoms with Gasteiger partial charge >= 0.3 is 0 Å². The first-order valence-electron chi connectivity index (χ1n) is 9.97. The maximum atomic E-state index is 13.2. The predicted octanol–water partition coefficient (Wildman–Crippen LogP) is 4.12. The van der Waals surface area contributed by atoms with Crippen molar-refractivity contribution in [3.63, 3.8) is 0 Å². The summed E-state index contributed by atoms with van der Waals surface area (Å²) in [5.41, 5.74) is 1.35. The maximum Gasteiger partial charge on any atom is 0.270 e. The second-order valence-corrected chi connectivity index (χ2v) is 8.86. The molecule has 3 aromatic rings. The molecule has 1 spiro atoms. The summed E-state index contributed by atoms with van der Waals surface area (Å²) in [5, 5.41) is 0.962. The van der Waals surface area contributed by atoms with Crippen molar-refractivity contribution in [2.24, 2.45) is 5.41 Å². The van der Waals surface area contributed by atoms with Crippen LogP contribution < -0.4 is 4.90 Å². The first kappa shape index (κ1) is 19.1. The van der Waals surface area contributed by atoms with Crippen LogP contribution in [0.5, 0.6) is 0 Å². The molecule has 2 aliphatic heterocycles. The van der Waals surface area contributed by atoms with Crippen LogP contribution in [0.3, 0.4) is 0 Å². The highest BCUT2D eigenvalue weighted by Crippen LogP contribution is 2.44. The summed E-state index contributed by atoms with van der Waals surface area (Å²) >= 11 is 3.51. The number of halogens is 1. The number of anilines is 1. The van der Waals surface area contributed by atoms with E-state index in [4.69, 9.17) is 0 Å². The van der Waals surface area contributed by atoms with Crippen LogP contribution in [0, 0.1) is 5.41 Å². The minimum atomic E-state index is -0.701. The SMILES string of the molecule is O=C(c1cc2c(Br)cccc2[nH]1)N1CCC2(CC1)CC(=O)N(c1ccccc1)C2=O. The number of benzene rings is 2. The lowest BCUT2D eigenvalue weighted by Crippen LogP contribution is -2.46. The summed E-state index contributed by atoms with van der Waals surface area (Å²) in [4.78, 5) is 45.1. The summed E-state index contributed by atoms with van der Waals surface area (Å²) in [6.45, 7) is 0.911. The van der Waals surface area contributed by atoms with E-state index < -0.39 is 5.41 Å². The van der Waals surface area contributed by atoms with Crippen molar-refractivity contribution in [3.8, 4) is 0 Å². The van der Waals surface area contributed by atoms with E-state index in [0.717, 1.165) is 15.4 Å². The van der Waals surface area contributed by atoms with E-state index >= 15 is 0 Å². The molecule has 1 aromatic heterocycles. The van der Waals surface area contributed by atoms with E-state index in [0.29, 0.717) is 37.3 Å². The Hall–Kier alpha value is -2.93. The van der Waals surface area contributed by atoms with Gasteiger partial charge in [0.2, 0.25) is 11.8 Å². The van der Waals surface area contributed by atoms with Crippen molar-refractivity contribution in [3.05, 3.63) is 64.8 Å². The zero-order chi connectivity index (χ0) is 20.9. The standard InChI is InChI=1S/C23H20BrN3O3/c24-17-7-4-8-18-16(17)13-19(25-18)21(29)26-11-9-23(10-12-26)14-20(28)27(22(23)30)15-5-2-1-3-6-15/h1-8,13,25H,9-12,14H2.